The van der Waals surface area contributed by atoms with Crippen molar-refractivity contribution in [3.05, 3.63) is 29.8 Å². The molecule has 1 aromatic rings. The first-order chi connectivity index (χ1) is 9.63. The molecule has 0 radical (unpaired) electrons. The number of hydrogen-bond acceptors (Lipinski definition) is 4. The van der Waals surface area contributed by atoms with Gasteiger partial charge in [0.15, 0.2) is 0 Å². The molecule has 0 amide bonds. The average molecular weight is 280 g/mol. The molecule has 20 heavy (non-hydrogen) atoms. The highest BCUT2D eigenvalue weighted by Crippen LogP contribution is 2.38. The molecular formula is C15H21FN2O2. The summed E-state index contributed by atoms with van der Waals surface area (Å²) in [5, 5.41) is 19.9. The smallest absolute Gasteiger partial charge is 0.141 e. The number of halogens is 1. The van der Waals surface area contributed by atoms with Crippen LogP contribution in [0, 0.1) is 17.7 Å². The van der Waals surface area contributed by atoms with Crippen LogP contribution in [-0.2, 0) is 0 Å². The van der Waals surface area contributed by atoms with Gasteiger partial charge in [0, 0.05) is 25.6 Å². The zero-order chi connectivity index (χ0) is 14.1. The second-order valence-corrected chi connectivity index (χ2v) is 6.03. The summed E-state index contributed by atoms with van der Waals surface area (Å²) in [5.41, 5.74) is 0.519. The summed E-state index contributed by atoms with van der Waals surface area (Å²) in [4.78, 5) is 6.22. The number of hydrogen-bond donors (Lipinski definition) is 2. The van der Waals surface area contributed by atoms with Gasteiger partial charge in [-0.15, -0.1) is 0 Å². The Morgan fingerprint density at radius 2 is 2.20 bits per heavy atom. The Hall–Kier alpha value is -1.04. The first-order valence-corrected chi connectivity index (χ1v) is 7.33. The summed E-state index contributed by atoms with van der Waals surface area (Å²) in [6.45, 7) is 2.74. The highest BCUT2D eigenvalue weighted by Gasteiger charge is 2.41. The zero-order valence-corrected chi connectivity index (χ0v) is 11.5. The lowest BCUT2D eigenvalue weighted by molar-refractivity contribution is 0.116. The van der Waals surface area contributed by atoms with Crippen molar-refractivity contribution in [3.8, 4) is 0 Å². The van der Waals surface area contributed by atoms with E-state index in [4.69, 9.17) is 0 Å². The van der Waals surface area contributed by atoms with Crippen LogP contribution < -0.4 is 0 Å². The fourth-order valence-electron chi connectivity index (χ4n) is 3.55. The molecule has 0 aromatic carbocycles. The zero-order valence-electron chi connectivity index (χ0n) is 11.5. The fraction of sp³-hybridized carbons (Fsp3) is 0.667. The molecule has 1 saturated carbocycles. The molecule has 1 aliphatic heterocycles. The van der Waals surface area contributed by atoms with Gasteiger partial charge in [0.2, 0.25) is 0 Å². The molecule has 0 bridgehead atoms. The van der Waals surface area contributed by atoms with Gasteiger partial charge in [0.25, 0.3) is 0 Å². The number of aromatic nitrogens is 1. The minimum Gasteiger partial charge on any atom is -0.393 e. The van der Waals surface area contributed by atoms with Crippen molar-refractivity contribution in [2.75, 3.05) is 19.6 Å². The highest BCUT2D eigenvalue weighted by molar-refractivity contribution is 5.08. The second kappa shape index (κ2) is 5.76. The molecule has 2 fully saturated rings. The van der Waals surface area contributed by atoms with E-state index in [-0.39, 0.29) is 11.9 Å². The maximum atomic E-state index is 12.8. The average Bonchev–Trinajstić information content (AvgIpc) is 2.99. The van der Waals surface area contributed by atoms with E-state index in [0.717, 1.165) is 38.7 Å². The summed E-state index contributed by atoms with van der Waals surface area (Å²) >= 11 is 0. The summed E-state index contributed by atoms with van der Waals surface area (Å²) in [6.07, 6.45) is 2.98. The first kappa shape index (κ1) is 13.9. The van der Waals surface area contributed by atoms with Crippen LogP contribution in [0.4, 0.5) is 4.39 Å². The van der Waals surface area contributed by atoms with Crippen molar-refractivity contribution >= 4 is 0 Å². The van der Waals surface area contributed by atoms with E-state index in [1.807, 2.05) is 0 Å². The van der Waals surface area contributed by atoms with Gasteiger partial charge in [-0.1, -0.05) is 0 Å². The third-order valence-electron chi connectivity index (χ3n) is 4.71. The van der Waals surface area contributed by atoms with Gasteiger partial charge in [0.05, 0.1) is 24.1 Å². The van der Waals surface area contributed by atoms with E-state index in [1.165, 1.54) is 12.1 Å². The molecule has 0 spiro atoms. The van der Waals surface area contributed by atoms with Crippen LogP contribution in [0.15, 0.2) is 18.3 Å². The Morgan fingerprint density at radius 3 is 2.90 bits per heavy atom. The number of aliphatic hydroxyl groups excluding tert-OH is 2. The third kappa shape index (κ3) is 2.85. The van der Waals surface area contributed by atoms with Gasteiger partial charge in [-0.2, -0.15) is 0 Å². The third-order valence-corrected chi connectivity index (χ3v) is 4.71. The van der Waals surface area contributed by atoms with Gasteiger partial charge in [-0.05, 0) is 37.3 Å². The molecule has 110 valence electrons. The molecule has 4 atom stereocenters. The fourth-order valence-corrected chi connectivity index (χ4v) is 3.55. The molecule has 3 rings (SSSR count). The molecule has 2 N–H and O–H groups in total. The predicted molar refractivity (Wildman–Crippen MR) is 72.4 cm³/mol. The summed E-state index contributed by atoms with van der Waals surface area (Å²) < 4.78 is 12.8. The van der Waals surface area contributed by atoms with Crippen LogP contribution in [0.5, 0.6) is 0 Å². The Morgan fingerprint density at radius 1 is 1.35 bits per heavy atom. The van der Waals surface area contributed by atoms with Crippen molar-refractivity contribution < 1.29 is 14.6 Å². The Labute approximate surface area is 118 Å². The van der Waals surface area contributed by atoms with Crippen molar-refractivity contribution in [1.82, 2.24) is 9.88 Å². The van der Waals surface area contributed by atoms with Gasteiger partial charge < -0.3 is 15.1 Å². The van der Waals surface area contributed by atoms with E-state index in [0.29, 0.717) is 24.0 Å². The number of rotatable bonds is 4. The van der Waals surface area contributed by atoms with E-state index < -0.39 is 6.10 Å². The van der Waals surface area contributed by atoms with Crippen LogP contribution in [0.3, 0.4) is 0 Å². The SMILES string of the molecule is OC(CCN1CC2CCC(O)C2C1)c1ccc(F)cn1. The van der Waals surface area contributed by atoms with Crippen LogP contribution >= 0.6 is 0 Å². The predicted octanol–water partition coefficient (Wildman–Crippen LogP) is 1.35. The highest BCUT2D eigenvalue weighted by atomic mass is 19.1. The topological polar surface area (TPSA) is 56.6 Å². The number of pyridine rings is 1. The lowest BCUT2D eigenvalue weighted by Gasteiger charge is -2.19. The maximum absolute atomic E-state index is 12.8. The molecule has 4 nitrogen and oxygen atoms in total. The number of fused-ring (bicyclic) bond motifs is 1. The van der Waals surface area contributed by atoms with Crippen LogP contribution in [0.25, 0.3) is 0 Å². The van der Waals surface area contributed by atoms with E-state index in [9.17, 15) is 14.6 Å². The number of nitrogens with zero attached hydrogens (tertiary/aromatic N) is 2. The lowest BCUT2D eigenvalue weighted by atomic mass is 10.00. The molecule has 1 aromatic heterocycles. The molecular weight excluding hydrogens is 259 g/mol. The molecule has 2 aliphatic rings. The quantitative estimate of drug-likeness (QED) is 0.874. The first-order valence-electron chi connectivity index (χ1n) is 7.33. The summed E-state index contributed by atoms with van der Waals surface area (Å²) in [5.74, 6) is 0.643. The molecule has 4 unspecified atom stereocenters. The van der Waals surface area contributed by atoms with Gasteiger partial charge in [-0.3, -0.25) is 4.98 Å². The number of likely N-dealkylation sites (tertiary alicyclic amines) is 1. The van der Waals surface area contributed by atoms with Crippen LogP contribution in [0.1, 0.15) is 31.1 Å². The molecule has 5 heteroatoms. The van der Waals surface area contributed by atoms with E-state index in [1.54, 1.807) is 0 Å². The van der Waals surface area contributed by atoms with Gasteiger partial charge in [0.1, 0.15) is 5.82 Å². The minimum absolute atomic E-state index is 0.145. The molecule has 1 aliphatic carbocycles. The minimum atomic E-state index is -0.652. The van der Waals surface area contributed by atoms with Crippen molar-refractivity contribution in [2.45, 2.75) is 31.5 Å². The second-order valence-electron chi connectivity index (χ2n) is 6.03. The van der Waals surface area contributed by atoms with Crippen LogP contribution in [0.2, 0.25) is 0 Å². The van der Waals surface area contributed by atoms with Crippen molar-refractivity contribution in [3.63, 3.8) is 0 Å². The molecule has 1 saturated heterocycles. The summed E-state index contributed by atoms with van der Waals surface area (Å²) in [7, 11) is 0. The van der Waals surface area contributed by atoms with Crippen LogP contribution in [-0.4, -0.2) is 45.8 Å². The monoisotopic (exact) mass is 280 g/mol. The Kier molecular flexibility index (Phi) is 4.01. The van der Waals surface area contributed by atoms with E-state index >= 15 is 0 Å². The lowest BCUT2D eigenvalue weighted by Crippen LogP contribution is -2.26. The normalized spacial score (nSPS) is 31.4. The molecule has 2 heterocycles. The van der Waals surface area contributed by atoms with Gasteiger partial charge >= 0.3 is 0 Å². The summed E-state index contributed by atoms with van der Waals surface area (Å²) in [6, 6.07) is 2.85. The van der Waals surface area contributed by atoms with Gasteiger partial charge in [-0.25, -0.2) is 4.39 Å². The van der Waals surface area contributed by atoms with Crippen molar-refractivity contribution in [1.29, 1.82) is 0 Å². The maximum Gasteiger partial charge on any atom is 0.141 e. The number of aliphatic hydroxyl groups is 2. The Bertz CT molecular complexity index is 454. The largest absolute Gasteiger partial charge is 0.393 e. The standard InChI is InChI=1S/C15H21FN2O2/c16-11-2-3-13(17-7-11)15(20)5-6-18-8-10-1-4-14(19)12(10)9-18/h2-3,7,10,12,14-15,19-20H,1,4-6,8-9H2. The van der Waals surface area contributed by atoms with E-state index in [2.05, 4.69) is 9.88 Å². The van der Waals surface area contributed by atoms with Crippen molar-refractivity contribution in [2.24, 2.45) is 11.8 Å². The Balaban J connectivity index is 1.49.